The Hall–Kier alpha value is -2.02. The Balaban J connectivity index is 1.91. The molecule has 2 rings (SSSR count). The van der Waals surface area contributed by atoms with Gasteiger partial charge in [0, 0.05) is 31.3 Å². The molecule has 0 fully saturated rings. The molecule has 7 heteroatoms. The van der Waals surface area contributed by atoms with Gasteiger partial charge in [-0.15, -0.1) is 10.2 Å². The number of nitrogens with zero attached hydrogens (tertiary/aromatic N) is 4. The fourth-order valence-electron chi connectivity index (χ4n) is 1.58. The van der Waals surface area contributed by atoms with Gasteiger partial charge in [0.25, 0.3) is 0 Å². The van der Waals surface area contributed by atoms with Crippen LogP contribution in [-0.2, 0) is 18.3 Å². The molecule has 0 aliphatic rings. The molecule has 20 heavy (non-hydrogen) atoms. The Kier molecular flexibility index (Phi) is 4.62. The molecule has 0 radical (unpaired) electrons. The van der Waals surface area contributed by atoms with Gasteiger partial charge in [0.2, 0.25) is 11.0 Å². The first kappa shape index (κ1) is 14.4. The van der Waals surface area contributed by atoms with Crippen molar-refractivity contribution in [2.75, 3.05) is 5.32 Å². The molecule has 1 amide bonds. The van der Waals surface area contributed by atoms with E-state index in [1.165, 1.54) is 17.4 Å². The Labute approximate surface area is 121 Å². The normalized spacial score (nSPS) is 11.4. The smallest absolute Gasteiger partial charge is 0.250 e. The maximum atomic E-state index is 11.7. The number of carbonyl (C=O) groups excluding carboxylic acids is 1. The molecule has 1 N–H and O–H groups in total. The summed E-state index contributed by atoms with van der Waals surface area (Å²) < 4.78 is 1.68. The van der Waals surface area contributed by atoms with Crippen LogP contribution in [0, 0.1) is 5.92 Å². The van der Waals surface area contributed by atoms with Crippen LogP contribution in [0.1, 0.15) is 24.4 Å². The summed E-state index contributed by atoms with van der Waals surface area (Å²) in [4.78, 5) is 11.7. The number of carbonyl (C=O) groups is 1. The Morgan fingerprint density at radius 2 is 2.30 bits per heavy atom. The van der Waals surface area contributed by atoms with Crippen molar-refractivity contribution in [2.24, 2.45) is 13.0 Å². The van der Waals surface area contributed by atoms with Crippen LogP contribution in [0.4, 0.5) is 5.13 Å². The Bertz CT molecular complexity index is 614. The Morgan fingerprint density at radius 1 is 1.50 bits per heavy atom. The van der Waals surface area contributed by atoms with Gasteiger partial charge in [-0.05, 0) is 12.0 Å². The van der Waals surface area contributed by atoms with Crippen LogP contribution in [0.3, 0.4) is 0 Å². The largest absolute Gasteiger partial charge is 0.297 e. The van der Waals surface area contributed by atoms with Crippen LogP contribution in [0.15, 0.2) is 18.5 Å². The van der Waals surface area contributed by atoms with Crippen LogP contribution in [0.25, 0.3) is 6.08 Å². The van der Waals surface area contributed by atoms with E-state index < -0.39 is 0 Å². The third-order valence-electron chi connectivity index (χ3n) is 2.43. The first-order chi connectivity index (χ1) is 9.52. The number of hydrogen-bond donors (Lipinski definition) is 1. The lowest BCUT2D eigenvalue weighted by Crippen LogP contribution is -2.07. The fraction of sp³-hybridized carbons (Fsp3) is 0.385. The first-order valence-electron chi connectivity index (χ1n) is 6.33. The summed E-state index contributed by atoms with van der Waals surface area (Å²) >= 11 is 1.41. The van der Waals surface area contributed by atoms with Gasteiger partial charge in [-0.2, -0.15) is 5.10 Å². The Morgan fingerprint density at radius 3 is 2.95 bits per heavy atom. The number of amides is 1. The number of rotatable bonds is 5. The average Bonchev–Trinajstić information content (AvgIpc) is 2.95. The van der Waals surface area contributed by atoms with Crippen molar-refractivity contribution < 1.29 is 4.79 Å². The lowest BCUT2D eigenvalue weighted by atomic mass is 10.1. The van der Waals surface area contributed by atoms with E-state index in [0.717, 1.165) is 17.0 Å². The van der Waals surface area contributed by atoms with Crippen molar-refractivity contribution in [3.63, 3.8) is 0 Å². The molecule has 2 aromatic rings. The van der Waals surface area contributed by atoms with Crippen molar-refractivity contribution in [3.8, 4) is 0 Å². The van der Waals surface area contributed by atoms with Crippen LogP contribution in [-0.4, -0.2) is 25.9 Å². The van der Waals surface area contributed by atoms with Crippen molar-refractivity contribution in [3.05, 3.63) is 29.0 Å². The number of aromatic nitrogens is 4. The van der Waals surface area contributed by atoms with Gasteiger partial charge in [0.15, 0.2) is 0 Å². The maximum absolute atomic E-state index is 11.7. The lowest BCUT2D eigenvalue weighted by Gasteiger charge is -1.97. The van der Waals surface area contributed by atoms with Crippen LogP contribution >= 0.6 is 11.3 Å². The van der Waals surface area contributed by atoms with Gasteiger partial charge >= 0.3 is 0 Å². The molecule has 0 saturated carbocycles. The zero-order chi connectivity index (χ0) is 14.5. The van der Waals surface area contributed by atoms with Crippen molar-refractivity contribution in [2.45, 2.75) is 20.3 Å². The summed E-state index contributed by atoms with van der Waals surface area (Å²) in [5.74, 6) is 0.304. The second-order valence-electron chi connectivity index (χ2n) is 4.87. The minimum absolute atomic E-state index is 0.221. The van der Waals surface area contributed by atoms with E-state index in [9.17, 15) is 4.79 Å². The topological polar surface area (TPSA) is 72.7 Å². The van der Waals surface area contributed by atoms with E-state index in [1.807, 2.05) is 13.2 Å². The SMILES string of the molecule is CC(C)Cc1nnc(NC(=O)/C=C/c2cnn(C)c2)s1. The van der Waals surface area contributed by atoms with Crippen LogP contribution in [0.2, 0.25) is 0 Å². The average molecular weight is 291 g/mol. The number of anilines is 1. The first-order valence-corrected chi connectivity index (χ1v) is 7.14. The highest BCUT2D eigenvalue weighted by atomic mass is 32.1. The molecule has 0 atom stereocenters. The lowest BCUT2D eigenvalue weighted by molar-refractivity contribution is -0.111. The predicted molar refractivity (Wildman–Crippen MR) is 79.3 cm³/mol. The summed E-state index contributed by atoms with van der Waals surface area (Å²) in [6.07, 6.45) is 7.56. The number of nitrogens with one attached hydrogen (secondary N) is 1. The molecule has 106 valence electrons. The van der Waals surface area contributed by atoms with Gasteiger partial charge in [0.05, 0.1) is 6.20 Å². The summed E-state index contributed by atoms with van der Waals surface area (Å²) in [7, 11) is 1.83. The fourth-order valence-corrected chi connectivity index (χ4v) is 2.54. The second kappa shape index (κ2) is 6.42. The highest BCUT2D eigenvalue weighted by molar-refractivity contribution is 7.15. The van der Waals surface area contributed by atoms with Gasteiger partial charge in [-0.3, -0.25) is 14.8 Å². The van der Waals surface area contributed by atoms with Gasteiger partial charge in [0.1, 0.15) is 5.01 Å². The third-order valence-corrected chi connectivity index (χ3v) is 3.29. The molecule has 6 nitrogen and oxygen atoms in total. The molecule has 0 bridgehead atoms. The van der Waals surface area contributed by atoms with E-state index in [1.54, 1.807) is 17.0 Å². The van der Waals surface area contributed by atoms with E-state index in [-0.39, 0.29) is 5.91 Å². The molecular weight excluding hydrogens is 274 g/mol. The summed E-state index contributed by atoms with van der Waals surface area (Å²) in [5.41, 5.74) is 0.875. The standard InChI is InChI=1S/C13H17N5OS/c1-9(2)6-12-16-17-13(20-12)15-11(19)5-4-10-7-14-18(3)8-10/h4-5,7-9H,6H2,1-3H3,(H,15,17,19)/b5-4+. The zero-order valence-electron chi connectivity index (χ0n) is 11.7. The van der Waals surface area contributed by atoms with E-state index in [4.69, 9.17) is 0 Å². The quantitative estimate of drug-likeness (QED) is 0.856. The molecule has 0 spiro atoms. The van der Waals surface area contributed by atoms with Crippen LogP contribution in [0.5, 0.6) is 0 Å². The summed E-state index contributed by atoms with van der Waals surface area (Å²) in [6, 6.07) is 0. The molecule has 0 saturated heterocycles. The molecule has 0 aliphatic heterocycles. The van der Waals surface area contributed by atoms with Gasteiger partial charge in [-0.25, -0.2) is 0 Å². The molecule has 0 aromatic carbocycles. The number of aryl methyl sites for hydroxylation is 1. The minimum atomic E-state index is -0.221. The molecule has 2 heterocycles. The highest BCUT2D eigenvalue weighted by Crippen LogP contribution is 2.18. The van der Waals surface area contributed by atoms with Crippen molar-refractivity contribution in [1.82, 2.24) is 20.0 Å². The van der Waals surface area contributed by atoms with Crippen molar-refractivity contribution >= 4 is 28.5 Å². The van der Waals surface area contributed by atoms with E-state index >= 15 is 0 Å². The monoisotopic (exact) mass is 291 g/mol. The number of hydrogen-bond acceptors (Lipinski definition) is 5. The maximum Gasteiger partial charge on any atom is 0.250 e. The van der Waals surface area contributed by atoms with Gasteiger partial charge in [-0.1, -0.05) is 25.2 Å². The molecule has 0 unspecified atom stereocenters. The van der Waals surface area contributed by atoms with Gasteiger partial charge < -0.3 is 0 Å². The predicted octanol–water partition coefficient (Wildman–Crippen LogP) is 2.12. The highest BCUT2D eigenvalue weighted by Gasteiger charge is 2.07. The molecule has 0 aliphatic carbocycles. The minimum Gasteiger partial charge on any atom is -0.297 e. The summed E-state index contributed by atoms with van der Waals surface area (Å²) in [5, 5.41) is 16.2. The third kappa shape index (κ3) is 4.27. The molecule has 2 aromatic heterocycles. The van der Waals surface area contributed by atoms with E-state index in [0.29, 0.717) is 11.0 Å². The van der Waals surface area contributed by atoms with E-state index in [2.05, 4.69) is 34.5 Å². The summed E-state index contributed by atoms with van der Waals surface area (Å²) in [6.45, 7) is 4.24. The molecular formula is C13H17N5OS. The van der Waals surface area contributed by atoms with Crippen molar-refractivity contribution in [1.29, 1.82) is 0 Å². The second-order valence-corrected chi connectivity index (χ2v) is 5.93. The zero-order valence-corrected chi connectivity index (χ0v) is 12.5. The van der Waals surface area contributed by atoms with Crippen LogP contribution < -0.4 is 5.32 Å².